The number of aromatic nitrogens is 2. The van der Waals surface area contributed by atoms with Crippen molar-refractivity contribution in [2.75, 3.05) is 5.75 Å². The highest BCUT2D eigenvalue weighted by atomic mass is 32.2. The van der Waals surface area contributed by atoms with Crippen molar-refractivity contribution in [3.63, 3.8) is 0 Å². The van der Waals surface area contributed by atoms with Gasteiger partial charge in [-0.3, -0.25) is 4.79 Å². The number of H-pyrrole nitrogens is 1. The van der Waals surface area contributed by atoms with E-state index in [1.165, 1.54) is 30.4 Å². The lowest BCUT2D eigenvalue weighted by atomic mass is 9.89. The van der Waals surface area contributed by atoms with Crippen LogP contribution in [0.1, 0.15) is 37.8 Å². The summed E-state index contributed by atoms with van der Waals surface area (Å²) in [6.07, 6.45) is 4.88. The Balaban J connectivity index is 1.75. The Bertz CT molecular complexity index is 971. The van der Waals surface area contributed by atoms with Gasteiger partial charge in [0.25, 0.3) is 5.56 Å². The summed E-state index contributed by atoms with van der Waals surface area (Å²) in [6.45, 7) is 4.34. The van der Waals surface area contributed by atoms with Crippen LogP contribution in [-0.2, 0) is 12.8 Å². The molecule has 1 aliphatic rings. The molecule has 0 atom stereocenters. The summed E-state index contributed by atoms with van der Waals surface area (Å²) in [4.78, 5) is 21.2. The molecule has 1 N–H and O–H groups in total. The minimum absolute atomic E-state index is 0.0229. The first-order valence-electron chi connectivity index (χ1n) is 8.88. The maximum atomic E-state index is 12.7. The molecular formula is C20H22N2OS2. The van der Waals surface area contributed by atoms with Gasteiger partial charge in [0.2, 0.25) is 0 Å². The molecule has 25 heavy (non-hydrogen) atoms. The minimum Gasteiger partial charge on any atom is -0.301 e. The minimum atomic E-state index is -0.0229. The molecule has 0 aliphatic heterocycles. The fraction of sp³-hybridized carbons (Fsp3) is 0.400. The SMILES string of the molecule is CC(C)CSc1nc2scc(-c3ccc4c(c3)CCCC4)c2c(=O)[nH]1. The third-order valence-corrected chi connectivity index (χ3v) is 6.81. The smallest absolute Gasteiger partial charge is 0.260 e. The number of thiophene rings is 1. The summed E-state index contributed by atoms with van der Waals surface area (Å²) in [6, 6.07) is 6.67. The summed E-state index contributed by atoms with van der Waals surface area (Å²) >= 11 is 3.19. The molecule has 2 heterocycles. The molecule has 0 saturated carbocycles. The number of hydrogen-bond acceptors (Lipinski definition) is 4. The van der Waals surface area contributed by atoms with E-state index >= 15 is 0 Å². The highest BCUT2D eigenvalue weighted by Crippen LogP contribution is 2.34. The monoisotopic (exact) mass is 370 g/mol. The van der Waals surface area contributed by atoms with Gasteiger partial charge in [0.15, 0.2) is 5.16 Å². The molecule has 1 aliphatic carbocycles. The van der Waals surface area contributed by atoms with Crippen molar-refractivity contribution >= 4 is 33.3 Å². The molecule has 4 rings (SSSR count). The molecule has 3 nitrogen and oxygen atoms in total. The van der Waals surface area contributed by atoms with Crippen molar-refractivity contribution in [3.05, 3.63) is 45.1 Å². The number of hydrogen-bond donors (Lipinski definition) is 1. The Morgan fingerprint density at radius 1 is 1.24 bits per heavy atom. The Morgan fingerprint density at radius 2 is 2.04 bits per heavy atom. The van der Waals surface area contributed by atoms with Crippen LogP contribution in [0.2, 0.25) is 0 Å². The van der Waals surface area contributed by atoms with Crippen molar-refractivity contribution in [1.82, 2.24) is 9.97 Å². The zero-order chi connectivity index (χ0) is 17.4. The van der Waals surface area contributed by atoms with Crippen LogP contribution < -0.4 is 5.56 Å². The van der Waals surface area contributed by atoms with Gasteiger partial charge in [-0.05, 0) is 48.3 Å². The Labute approximate surface area is 155 Å². The zero-order valence-corrected chi connectivity index (χ0v) is 16.2. The molecule has 2 aromatic heterocycles. The van der Waals surface area contributed by atoms with E-state index in [-0.39, 0.29) is 5.56 Å². The quantitative estimate of drug-likeness (QED) is 0.502. The average Bonchev–Trinajstić information content (AvgIpc) is 3.04. The zero-order valence-electron chi connectivity index (χ0n) is 14.6. The van der Waals surface area contributed by atoms with Crippen LogP contribution in [0.15, 0.2) is 33.5 Å². The van der Waals surface area contributed by atoms with Gasteiger partial charge in [0.05, 0.1) is 5.39 Å². The molecule has 0 radical (unpaired) electrons. The maximum Gasteiger partial charge on any atom is 0.260 e. The summed E-state index contributed by atoms with van der Waals surface area (Å²) in [5.74, 6) is 1.53. The average molecular weight is 371 g/mol. The first-order valence-corrected chi connectivity index (χ1v) is 10.7. The fourth-order valence-corrected chi connectivity index (χ4v) is 5.17. The fourth-order valence-electron chi connectivity index (χ4n) is 3.36. The van der Waals surface area contributed by atoms with Crippen molar-refractivity contribution in [2.45, 2.75) is 44.7 Å². The number of fused-ring (bicyclic) bond motifs is 2. The molecule has 0 spiro atoms. The lowest BCUT2D eigenvalue weighted by molar-refractivity contribution is 0.686. The van der Waals surface area contributed by atoms with Crippen LogP contribution in [0.25, 0.3) is 21.3 Å². The van der Waals surface area contributed by atoms with Crippen LogP contribution in [-0.4, -0.2) is 15.7 Å². The van der Waals surface area contributed by atoms with E-state index in [0.717, 1.165) is 38.7 Å². The molecule has 0 fully saturated rings. The van der Waals surface area contributed by atoms with Gasteiger partial charge in [0, 0.05) is 16.7 Å². The first kappa shape index (κ1) is 16.9. The second-order valence-electron chi connectivity index (χ2n) is 7.10. The van der Waals surface area contributed by atoms with Gasteiger partial charge < -0.3 is 4.98 Å². The lowest BCUT2D eigenvalue weighted by Crippen LogP contribution is -2.09. The number of thioether (sulfide) groups is 1. The summed E-state index contributed by atoms with van der Waals surface area (Å²) in [5, 5.41) is 3.54. The Morgan fingerprint density at radius 3 is 2.84 bits per heavy atom. The van der Waals surface area contributed by atoms with Crippen molar-refractivity contribution in [2.24, 2.45) is 5.92 Å². The van der Waals surface area contributed by atoms with Crippen LogP contribution in [0.3, 0.4) is 0 Å². The number of rotatable bonds is 4. The van der Waals surface area contributed by atoms with Gasteiger partial charge in [-0.25, -0.2) is 4.98 Å². The predicted molar refractivity (Wildman–Crippen MR) is 108 cm³/mol. The van der Waals surface area contributed by atoms with Crippen molar-refractivity contribution in [1.29, 1.82) is 0 Å². The van der Waals surface area contributed by atoms with E-state index in [9.17, 15) is 4.79 Å². The molecule has 5 heteroatoms. The van der Waals surface area contributed by atoms with Gasteiger partial charge in [-0.2, -0.15) is 0 Å². The predicted octanol–water partition coefficient (Wildman–Crippen LogP) is 5.28. The van der Waals surface area contributed by atoms with Crippen LogP contribution >= 0.6 is 23.1 Å². The van der Waals surface area contributed by atoms with Gasteiger partial charge in [0.1, 0.15) is 4.83 Å². The van der Waals surface area contributed by atoms with Gasteiger partial charge >= 0.3 is 0 Å². The molecule has 0 saturated heterocycles. The van der Waals surface area contributed by atoms with E-state index in [4.69, 9.17) is 0 Å². The van der Waals surface area contributed by atoms with E-state index < -0.39 is 0 Å². The molecule has 0 unspecified atom stereocenters. The lowest BCUT2D eigenvalue weighted by Gasteiger charge is -2.16. The number of benzene rings is 1. The molecule has 3 aromatic rings. The molecule has 1 aromatic carbocycles. The van der Waals surface area contributed by atoms with E-state index in [0.29, 0.717) is 5.92 Å². The summed E-state index contributed by atoms with van der Waals surface area (Å²) < 4.78 is 0. The standard InChI is InChI=1S/C20H22N2OS2/c1-12(2)10-25-20-21-18(23)17-16(11-24-19(17)22-20)15-8-7-13-5-3-4-6-14(13)9-15/h7-9,11-12H,3-6,10H2,1-2H3,(H,21,22,23). The van der Waals surface area contributed by atoms with Gasteiger partial charge in [-0.1, -0.05) is 43.8 Å². The third kappa shape index (κ3) is 3.40. The number of aromatic amines is 1. The summed E-state index contributed by atoms with van der Waals surface area (Å²) in [7, 11) is 0. The maximum absolute atomic E-state index is 12.7. The highest BCUT2D eigenvalue weighted by molar-refractivity contribution is 7.99. The van der Waals surface area contributed by atoms with Crippen molar-refractivity contribution < 1.29 is 0 Å². The van der Waals surface area contributed by atoms with E-state index in [1.54, 1.807) is 23.1 Å². The Kier molecular flexibility index (Phi) is 4.69. The molecular weight excluding hydrogens is 348 g/mol. The number of nitrogens with zero attached hydrogens (tertiary/aromatic N) is 1. The van der Waals surface area contributed by atoms with E-state index in [1.807, 2.05) is 0 Å². The highest BCUT2D eigenvalue weighted by Gasteiger charge is 2.16. The first-order chi connectivity index (χ1) is 12.1. The van der Waals surface area contributed by atoms with Crippen LogP contribution in [0, 0.1) is 5.92 Å². The topological polar surface area (TPSA) is 45.8 Å². The van der Waals surface area contributed by atoms with Crippen LogP contribution in [0.4, 0.5) is 0 Å². The second kappa shape index (κ2) is 6.96. The summed E-state index contributed by atoms with van der Waals surface area (Å²) in [5.41, 5.74) is 5.04. The molecule has 130 valence electrons. The van der Waals surface area contributed by atoms with Crippen LogP contribution in [0.5, 0.6) is 0 Å². The third-order valence-electron chi connectivity index (χ3n) is 4.64. The van der Waals surface area contributed by atoms with Gasteiger partial charge in [-0.15, -0.1) is 11.3 Å². The second-order valence-corrected chi connectivity index (χ2v) is 8.96. The number of aryl methyl sites for hydroxylation is 2. The largest absolute Gasteiger partial charge is 0.301 e. The molecule has 0 amide bonds. The Hall–Kier alpha value is -1.59. The van der Waals surface area contributed by atoms with Crippen molar-refractivity contribution in [3.8, 4) is 11.1 Å². The normalized spacial score (nSPS) is 14.2. The molecule has 0 bridgehead atoms. The number of nitrogens with one attached hydrogen (secondary N) is 1. The van der Waals surface area contributed by atoms with E-state index in [2.05, 4.69) is 47.4 Å².